The summed E-state index contributed by atoms with van der Waals surface area (Å²) in [6.45, 7) is 0. The molecule has 3 N–H and O–H groups in total. The Bertz CT molecular complexity index is 510. The van der Waals surface area contributed by atoms with Crippen LogP contribution in [0.2, 0.25) is 0 Å². The van der Waals surface area contributed by atoms with Crippen LogP contribution in [0.5, 0.6) is 0 Å². The van der Waals surface area contributed by atoms with Crippen molar-refractivity contribution in [3.8, 4) is 0 Å². The minimum absolute atomic E-state index is 0. The molecule has 2 nitrogen and oxygen atoms in total. The van der Waals surface area contributed by atoms with E-state index in [2.05, 4.69) is 5.32 Å². The molecule has 0 bridgehead atoms. The summed E-state index contributed by atoms with van der Waals surface area (Å²) in [4.78, 5) is 0. The van der Waals surface area contributed by atoms with Gasteiger partial charge in [-0.15, -0.1) is 0 Å². The molecular weight excluding hydrogens is 318 g/mol. The SMILES string of the molecule is N[As+]1(Cl)c2ccccc2Nc2ccccc21.[Cl-]. The Hall–Kier alpha value is -0.662. The quantitative estimate of drug-likeness (QED) is 0.578. The number of halogens is 2. The zero-order chi connectivity index (χ0) is 11.2. The average molecular weight is 329 g/mol. The Balaban J connectivity index is 0.00000108. The second kappa shape index (κ2) is 4.55. The number of anilines is 2. The Morgan fingerprint density at radius 2 is 1.29 bits per heavy atom. The van der Waals surface area contributed by atoms with E-state index in [1.54, 1.807) is 0 Å². The van der Waals surface area contributed by atoms with E-state index in [1.165, 1.54) is 0 Å². The van der Waals surface area contributed by atoms with Gasteiger partial charge in [-0.3, -0.25) is 0 Å². The molecule has 0 atom stereocenters. The summed E-state index contributed by atoms with van der Waals surface area (Å²) in [7, 11) is 6.64. The zero-order valence-electron chi connectivity index (χ0n) is 8.90. The van der Waals surface area contributed by atoms with E-state index in [0.29, 0.717) is 0 Å². The fourth-order valence-corrected chi connectivity index (χ4v) is 7.37. The monoisotopic (exact) mass is 328 g/mol. The standard InChI is InChI=1S/C12H11AsClN2.ClH/c14-13(15)9-5-1-3-7-11(9)16-12-8-4-2-6-10(12)13;/h1-8,16H,15H2;1H/q+1;/p-1. The van der Waals surface area contributed by atoms with Crippen LogP contribution >= 0.6 is 9.95 Å². The molecule has 0 fully saturated rings. The van der Waals surface area contributed by atoms with Gasteiger partial charge in [-0.05, 0) is 0 Å². The van der Waals surface area contributed by atoms with Gasteiger partial charge in [0.15, 0.2) is 0 Å². The van der Waals surface area contributed by atoms with Gasteiger partial charge >= 0.3 is 101 Å². The van der Waals surface area contributed by atoms with Crippen molar-refractivity contribution in [2.75, 3.05) is 5.32 Å². The molecule has 0 amide bonds. The molecule has 0 spiro atoms. The minimum atomic E-state index is -2.90. The number of nitrogens with two attached hydrogens (primary N) is 1. The van der Waals surface area contributed by atoms with E-state index < -0.39 is 12.8 Å². The van der Waals surface area contributed by atoms with E-state index in [9.17, 15) is 0 Å². The number of rotatable bonds is 0. The van der Waals surface area contributed by atoms with Crippen LogP contribution in [0.1, 0.15) is 0 Å². The van der Waals surface area contributed by atoms with Crippen LogP contribution in [-0.4, -0.2) is 12.8 Å². The number of fused-ring (bicyclic) bond motifs is 2. The van der Waals surface area contributed by atoms with Crippen LogP contribution in [0.25, 0.3) is 0 Å². The van der Waals surface area contributed by atoms with Gasteiger partial charge in [0, 0.05) is 0 Å². The Morgan fingerprint density at radius 3 is 1.76 bits per heavy atom. The number of hydrogen-bond donors (Lipinski definition) is 2. The van der Waals surface area contributed by atoms with Crippen LogP contribution in [0.4, 0.5) is 11.4 Å². The molecule has 2 aromatic carbocycles. The molecule has 0 saturated carbocycles. The summed E-state index contributed by atoms with van der Waals surface area (Å²) in [6, 6.07) is 16.1. The van der Waals surface area contributed by atoms with E-state index in [4.69, 9.17) is 14.6 Å². The van der Waals surface area contributed by atoms with Gasteiger partial charge in [0.25, 0.3) is 0 Å². The summed E-state index contributed by atoms with van der Waals surface area (Å²) in [6.07, 6.45) is 0. The van der Waals surface area contributed by atoms with Gasteiger partial charge in [0.05, 0.1) is 0 Å². The first-order chi connectivity index (χ1) is 7.69. The number of para-hydroxylation sites is 2. The summed E-state index contributed by atoms with van der Waals surface area (Å²) >= 11 is -2.90. The smallest absolute Gasteiger partial charge is 1.00 e. The first-order valence-electron chi connectivity index (χ1n) is 5.03. The van der Waals surface area contributed by atoms with E-state index in [1.807, 2.05) is 48.5 Å². The summed E-state index contributed by atoms with van der Waals surface area (Å²) in [5, 5.41) is 3.37. The Kier molecular flexibility index (Phi) is 3.42. The van der Waals surface area contributed by atoms with E-state index in [-0.39, 0.29) is 12.4 Å². The molecule has 17 heavy (non-hydrogen) atoms. The predicted octanol–water partition coefficient (Wildman–Crippen LogP) is -1.50. The summed E-state index contributed by atoms with van der Waals surface area (Å²) < 4.78 is 8.57. The van der Waals surface area contributed by atoms with Crippen molar-refractivity contribution in [2.45, 2.75) is 0 Å². The molecule has 3 rings (SSSR count). The molecule has 0 aromatic heterocycles. The molecule has 1 heterocycles. The van der Waals surface area contributed by atoms with Crippen molar-refractivity contribution < 1.29 is 12.4 Å². The molecule has 0 radical (unpaired) electrons. The third kappa shape index (κ3) is 1.96. The van der Waals surface area contributed by atoms with E-state index >= 15 is 0 Å². The maximum Gasteiger partial charge on any atom is -1.00 e. The Labute approximate surface area is 113 Å². The van der Waals surface area contributed by atoms with Gasteiger partial charge in [-0.1, -0.05) is 0 Å². The van der Waals surface area contributed by atoms with Crippen molar-refractivity contribution >= 4 is 42.9 Å². The largest absolute Gasteiger partial charge is 1.00 e. The maximum atomic E-state index is 6.64. The second-order valence-electron chi connectivity index (χ2n) is 3.80. The zero-order valence-corrected chi connectivity index (χ0v) is 12.3. The van der Waals surface area contributed by atoms with Crippen LogP contribution in [-0.2, 0) is 0 Å². The predicted molar refractivity (Wildman–Crippen MR) is 71.2 cm³/mol. The minimum Gasteiger partial charge on any atom is -1.00 e. The summed E-state index contributed by atoms with van der Waals surface area (Å²) in [5.41, 5.74) is 2.09. The first kappa shape index (κ1) is 12.8. The van der Waals surface area contributed by atoms with Crippen molar-refractivity contribution in [3.05, 3.63) is 48.5 Å². The van der Waals surface area contributed by atoms with Gasteiger partial charge in [-0.2, -0.15) is 0 Å². The molecule has 2 aromatic rings. The maximum absolute atomic E-state index is 6.64. The molecule has 5 heteroatoms. The molecule has 1 aliphatic rings. The first-order valence-corrected chi connectivity index (χ1v) is 10.5. The molecule has 0 aliphatic carbocycles. The van der Waals surface area contributed by atoms with Crippen molar-refractivity contribution in [2.24, 2.45) is 4.65 Å². The van der Waals surface area contributed by atoms with Crippen molar-refractivity contribution in [1.82, 2.24) is 0 Å². The summed E-state index contributed by atoms with van der Waals surface area (Å²) in [5.74, 6) is 0. The van der Waals surface area contributed by atoms with Gasteiger partial charge in [-0.25, -0.2) is 0 Å². The number of hydrogen-bond acceptors (Lipinski definition) is 2. The fourth-order valence-electron chi connectivity index (χ4n) is 2.00. The van der Waals surface area contributed by atoms with Crippen LogP contribution in [0.15, 0.2) is 48.5 Å². The third-order valence-corrected chi connectivity index (χ3v) is 9.25. The second-order valence-corrected chi connectivity index (χ2v) is 11.3. The molecule has 1 aliphatic heterocycles. The van der Waals surface area contributed by atoms with Gasteiger partial charge in [0.2, 0.25) is 0 Å². The molecule has 0 unspecified atom stereocenters. The normalized spacial score (nSPS) is 14.9. The number of benzene rings is 2. The van der Waals surface area contributed by atoms with Crippen molar-refractivity contribution in [3.63, 3.8) is 0 Å². The third-order valence-electron chi connectivity index (χ3n) is 2.78. The van der Waals surface area contributed by atoms with Crippen LogP contribution in [0.3, 0.4) is 0 Å². The van der Waals surface area contributed by atoms with Crippen LogP contribution in [0, 0.1) is 0 Å². The van der Waals surface area contributed by atoms with E-state index in [0.717, 1.165) is 20.1 Å². The van der Waals surface area contributed by atoms with Gasteiger partial charge < -0.3 is 12.4 Å². The van der Waals surface area contributed by atoms with Crippen LogP contribution < -0.4 is 31.1 Å². The molecular formula is C12H11AsCl2N2. The van der Waals surface area contributed by atoms with Crippen molar-refractivity contribution in [1.29, 1.82) is 0 Å². The molecule has 88 valence electrons. The fraction of sp³-hybridized carbons (Fsp3) is 0. The molecule has 0 saturated heterocycles. The average Bonchev–Trinajstić information content (AvgIpc) is 2.29. The topological polar surface area (TPSA) is 38.0 Å². The number of nitrogens with one attached hydrogen (secondary N) is 1. The van der Waals surface area contributed by atoms with Gasteiger partial charge in [0.1, 0.15) is 0 Å². The Morgan fingerprint density at radius 1 is 0.882 bits per heavy atom.